The monoisotopic (exact) mass is 1770 g/mol. The molecule has 128 heavy (non-hydrogen) atoms. The Bertz CT molecular complexity index is 7160. The van der Waals surface area contributed by atoms with E-state index in [4.69, 9.17) is 133 Å². The molecule has 0 spiro atoms. The van der Waals surface area contributed by atoms with Crippen LogP contribution in [0.2, 0.25) is 20.1 Å². The van der Waals surface area contributed by atoms with Gasteiger partial charge in [-0.2, -0.15) is 0 Å². The van der Waals surface area contributed by atoms with Crippen molar-refractivity contribution in [2.75, 3.05) is 0 Å². The fourth-order valence-electron chi connectivity index (χ4n) is 13.8. The van der Waals surface area contributed by atoms with E-state index < -0.39 is 0 Å². The minimum atomic E-state index is -0.226. The van der Waals surface area contributed by atoms with Crippen molar-refractivity contribution < 1.29 is 56.8 Å². The van der Waals surface area contributed by atoms with Gasteiger partial charge in [-0.15, -0.1) is 0 Å². The normalized spacial score (nSPS) is 11.3. The lowest BCUT2D eigenvalue weighted by Crippen LogP contribution is -2.00. The van der Waals surface area contributed by atoms with Gasteiger partial charge in [0.25, 0.3) is 0 Å². The first-order valence-electron chi connectivity index (χ1n) is 38.5. The molecular weight excluding hydrogens is 1720 g/mol. The average molecular weight is 1770 g/mol. The van der Waals surface area contributed by atoms with E-state index in [2.05, 4.69) is 69.8 Å². The fraction of sp³-hybridized carbons (Fsp3) is 0. The van der Waals surface area contributed by atoms with E-state index >= 15 is 0 Å². The number of ether oxygens (including phenoxy) is 12. The Morgan fingerprint density at radius 1 is 0.172 bits per heavy atom. The number of pyridine rings is 12. The number of nitrogens with zero attached hydrogens (tertiary/aromatic N) is 18. The molecule has 17 heterocycles. The second-order valence-electron chi connectivity index (χ2n) is 27.3. The number of hydrogen-bond donors (Lipinski definition) is 2. The smallest absolute Gasteiger partial charge is 0.214 e. The molecule has 15 aromatic heterocycles. The Kier molecular flexibility index (Phi) is 20.9. The number of halogens is 4. The number of aromatic amines is 2. The molecule has 2 aliphatic rings. The Labute approximate surface area is 740 Å². The third-order valence-corrected chi connectivity index (χ3v) is 20.5. The summed E-state index contributed by atoms with van der Waals surface area (Å²) in [6.45, 7) is 0. The average Bonchev–Trinajstić information content (AvgIpc) is 1.55. The Balaban J connectivity index is 1.00. The molecule has 0 unspecified atom stereocenters. The summed E-state index contributed by atoms with van der Waals surface area (Å²) in [6.07, 6.45) is 36.7. The first kappa shape index (κ1) is 78.1. The number of nitrogens with one attached hydrogen (secondary N) is 2. The van der Waals surface area contributed by atoms with Gasteiger partial charge in [-0.3, -0.25) is 59.8 Å². The standard InChI is InChI=1S/C92H50Cl4N20O12/c93-69-61-65(73(117-49-13-1-25-97-37-49)81(125-57-21-9-33-105-45-57)77(69)121-53-17-5-29-101-41-53)89-109-85(61)114-90-67-63(71(95)79(123-55-19-7-31-103-43-55)83(127-59-23-11-35-107-47-59)75(67)119-51-15-3-27-99-39-51)87(111-90)116-92-68-64(72(96)80(124-56-20-8-32-104-44-56)84(128-60-24-12-36-108-48-60)76(68)120-52-16-4-28-100-40-52)88(112-92)115-91-66-62(86(110-91)113-89)70(94)78(122-54-18-6-30-102-42-54)82(126-58-22-10-34-106-46-58)74(66)118-50-14-2-26-98-38-50/h1-48H,(H2,109,110,111,112,113,114,115,116). The minimum Gasteiger partial charge on any atom is -0.451 e. The van der Waals surface area contributed by atoms with Crippen LogP contribution >= 0.6 is 46.4 Å². The van der Waals surface area contributed by atoms with Crippen LogP contribution in [0, 0.1) is 0 Å². The molecule has 0 aliphatic carbocycles. The van der Waals surface area contributed by atoms with Gasteiger partial charge >= 0.3 is 0 Å². The van der Waals surface area contributed by atoms with E-state index in [1.165, 1.54) is 74.4 Å². The first-order valence-corrected chi connectivity index (χ1v) is 40.0. The lowest BCUT2D eigenvalue weighted by molar-refractivity contribution is 0.386. The summed E-state index contributed by atoms with van der Waals surface area (Å²) in [7, 11) is 0. The first-order chi connectivity index (χ1) is 63.1. The van der Waals surface area contributed by atoms with Crippen LogP contribution in [0.5, 0.6) is 138 Å². The molecule has 0 saturated carbocycles. The summed E-state index contributed by atoms with van der Waals surface area (Å²) in [4.78, 5) is 93.9. The van der Waals surface area contributed by atoms with Crippen molar-refractivity contribution in [3.05, 3.63) is 314 Å². The van der Waals surface area contributed by atoms with Gasteiger partial charge in [-0.05, 0) is 146 Å². The number of hydrogen-bond acceptors (Lipinski definition) is 30. The highest BCUT2D eigenvalue weighted by Gasteiger charge is 2.41. The van der Waals surface area contributed by atoms with Crippen LogP contribution in [-0.2, 0) is 0 Å². The SMILES string of the molecule is Clc1c(Oc2cccnc2)c(Oc2cccnc2)c(Oc2cccnc2)c2c1-c1nc-2nc2[nH]c(nc3nc(nc4[nH]c(n1)c1c(Oc5cccnc5)c(Oc5cccnc5)c(Oc5cccnc5)c(Cl)c41)-c1c(Oc4cccnc4)c(Oc4cccnc4)c(Oc4cccnc4)c(Cl)c1-3)c1c(Oc3cccnc3)c(Oc3cccnc3)c(Oc3cccnc3)c(Cl)c21. The topological polar surface area (TPSA) is 374 Å². The second-order valence-corrected chi connectivity index (χ2v) is 28.8. The molecule has 2 N–H and O–H groups in total. The molecule has 8 bridgehead atoms. The zero-order chi connectivity index (χ0) is 86.0. The predicted molar refractivity (Wildman–Crippen MR) is 468 cm³/mol. The number of fused-ring (bicyclic) bond motifs is 20. The van der Waals surface area contributed by atoms with Gasteiger partial charge in [0.2, 0.25) is 23.0 Å². The van der Waals surface area contributed by atoms with Crippen LogP contribution < -0.4 is 56.8 Å². The van der Waals surface area contributed by atoms with Gasteiger partial charge in [0.05, 0.1) is 138 Å². The van der Waals surface area contributed by atoms with Crippen molar-refractivity contribution >= 4 is 90.5 Å². The highest BCUT2D eigenvalue weighted by atomic mass is 35.5. The summed E-state index contributed by atoms with van der Waals surface area (Å²) in [5, 5.41) is -0.670. The molecule has 0 fully saturated rings. The second kappa shape index (κ2) is 34.3. The van der Waals surface area contributed by atoms with Crippen molar-refractivity contribution in [2.45, 2.75) is 0 Å². The van der Waals surface area contributed by atoms with Crippen LogP contribution in [0.3, 0.4) is 0 Å². The van der Waals surface area contributed by atoms with Crippen molar-refractivity contribution in [1.29, 1.82) is 0 Å². The van der Waals surface area contributed by atoms with Gasteiger partial charge in [0.15, 0.2) is 69.3 Å². The van der Waals surface area contributed by atoms with Crippen molar-refractivity contribution in [3.63, 3.8) is 0 Å². The fourth-order valence-corrected chi connectivity index (χ4v) is 15.0. The number of benzene rings is 4. The summed E-state index contributed by atoms with van der Waals surface area (Å²) < 4.78 is 84.7. The maximum Gasteiger partial charge on any atom is 0.214 e. The molecule has 36 heteroatoms. The van der Waals surface area contributed by atoms with Gasteiger partial charge in [-0.25, -0.2) is 29.9 Å². The van der Waals surface area contributed by atoms with Gasteiger partial charge in [-0.1, -0.05) is 46.4 Å². The van der Waals surface area contributed by atoms with Crippen LogP contribution in [-0.4, -0.2) is 99.7 Å². The maximum atomic E-state index is 8.26. The molecule has 0 atom stereocenters. The summed E-state index contributed by atoms with van der Waals surface area (Å²) in [5.41, 5.74) is -0.580. The molecule has 32 nitrogen and oxygen atoms in total. The summed E-state index contributed by atoms with van der Waals surface area (Å²) in [6, 6.07) is 40.1. The molecule has 0 radical (unpaired) electrons. The molecular formula is C92H50Cl4N20O12. The Morgan fingerprint density at radius 3 is 0.555 bits per heavy atom. The molecule has 21 rings (SSSR count). The van der Waals surface area contributed by atoms with Crippen LogP contribution in [0.4, 0.5) is 0 Å². The van der Waals surface area contributed by atoms with Crippen molar-refractivity contribution in [2.24, 2.45) is 0 Å². The van der Waals surface area contributed by atoms with Gasteiger partial charge in [0, 0.05) is 74.4 Å². The largest absolute Gasteiger partial charge is 0.451 e. The van der Waals surface area contributed by atoms with Crippen molar-refractivity contribution in [1.82, 2.24) is 99.7 Å². The van der Waals surface area contributed by atoms with Gasteiger partial charge in [0.1, 0.15) is 91.6 Å². The van der Waals surface area contributed by atoms with E-state index in [-0.39, 0.29) is 248 Å². The third-order valence-electron chi connectivity index (χ3n) is 19.1. The lowest BCUT2D eigenvalue weighted by atomic mass is 10.0. The van der Waals surface area contributed by atoms with Crippen molar-refractivity contribution in [3.8, 4) is 184 Å². The van der Waals surface area contributed by atoms with Gasteiger partial charge < -0.3 is 66.8 Å². The molecule has 618 valence electrons. The minimum absolute atomic E-state index is 0.00315. The summed E-state index contributed by atoms with van der Waals surface area (Å²) >= 11 is 33.0. The molecule has 2 aliphatic heterocycles. The van der Waals surface area contributed by atoms with Crippen LogP contribution in [0.15, 0.2) is 294 Å². The van der Waals surface area contributed by atoms with E-state index in [0.29, 0.717) is 0 Å². The Morgan fingerprint density at radius 2 is 0.344 bits per heavy atom. The van der Waals surface area contributed by atoms with E-state index in [1.54, 1.807) is 220 Å². The number of aromatic nitrogens is 20. The maximum absolute atomic E-state index is 8.26. The van der Waals surface area contributed by atoms with E-state index in [1.807, 2.05) is 0 Å². The van der Waals surface area contributed by atoms with E-state index in [0.717, 1.165) is 0 Å². The molecule has 4 aromatic carbocycles. The molecule has 0 amide bonds. The quantitative estimate of drug-likeness (QED) is 0.0567. The molecule has 19 aromatic rings. The zero-order valence-corrected chi connectivity index (χ0v) is 68.2. The predicted octanol–water partition coefficient (Wildman–Crippen LogP) is 23.7. The highest BCUT2D eigenvalue weighted by molar-refractivity contribution is 6.41. The highest BCUT2D eigenvalue weighted by Crippen LogP contribution is 2.64. The zero-order valence-electron chi connectivity index (χ0n) is 65.2. The number of rotatable bonds is 24. The van der Waals surface area contributed by atoms with Crippen LogP contribution in [0.25, 0.3) is 89.7 Å². The number of H-pyrrole nitrogens is 2. The van der Waals surface area contributed by atoms with E-state index in [9.17, 15) is 0 Å². The Hall–Kier alpha value is -17.2. The summed E-state index contributed by atoms with van der Waals surface area (Å²) in [5.74, 6) is -0.452. The molecule has 0 saturated heterocycles. The third kappa shape index (κ3) is 15.4. The van der Waals surface area contributed by atoms with Crippen LogP contribution in [0.1, 0.15) is 0 Å². The lowest BCUT2D eigenvalue weighted by Gasteiger charge is -2.21.